The van der Waals surface area contributed by atoms with E-state index in [1.807, 2.05) is 0 Å². The number of anilines is 1. The number of halogens is 1. The van der Waals surface area contributed by atoms with Crippen LogP contribution in [-0.4, -0.2) is 40.3 Å². The van der Waals surface area contributed by atoms with Crippen LogP contribution >= 0.6 is 23.4 Å². The Kier molecular flexibility index (Phi) is 6.50. The molecule has 0 radical (unpaired) electrons. The average Bonchev–Trinajstić information content (AvgIpc) is 3.07. The first-order valence-corrected chi connectivity index (χ1v) is 9.84. The maximum absolute atomic E-state index is 12.5. The quantitative estimate of drug-likeness (QED) is 0.434. The lowest BCUT2D eigenvalue weighted by atomic mass is 10.2. The number of methoxy groups -OCH3 is 2. The smallest absolute Gasteiger partial charge is 0.237 e. The molecule has 0 unspecified atom stereocenters. The molecule has 0 saturated carbocycles. The Bertz CT molecular complexity index is 1030. The van der Waals surface area contributed by atoms with Crippen LogP contribution in [0, 0.1) is 0 Å². The van der Waals surface area contributed by atoms with Gasteiger partial charge in [0.15, 0.2) is 17.3 Å². The Morgan fingerprint density at radius 3 is 2.62 bits per heavy atom. The molecule has 0 bridgehead atoms. The van der Waals surface area contributed by atoms with E-state index in [0.29, 0.717) is 38.8 Å². The van der Waals surface area contributed by atoms with Crippen molar-refractivity contribution in [1.82, 2.24) is 14.9 Å². The molecule has 3 N–H and O–H groups in total. The maximum Gasteiger partial charge on any atom is 0.237 e. The zero-order valence-electron chi connectivity index (χ0n) is 16.0. The van der Waals surface area contributed by atoms with Gasteiger partial charge in [-0.2, -0.15) is 0 Å². The monoisotopic (exact) mass is 433 g/mol. The third-order valence-electron chi connectivity index (χ3n) is 4.05. The van der Waals surface area contributed by atoms with Crippen LogP contribution < -0.4 is 20.6 Å². The van der Waals surface area contributed by atoms with Crippen LogP contribution in [0.15, 0.2) is 47.6 Å². The number of ether oxygens (including phenoxy) is 2. The summed E-state index contributed by atoms with van der Waals surface area (Å²) < 4.78 is 11.9. The van der Waals surface area contributed by atoms with Crippen molar-refractivity contribution < 1.29 is 14.3 Å². The van der Waals surface area contributed by atoms with Gasteiger partial charge in [0.25, 0.3) is 0 Å². The van der Waals surface area contributed by atoms with Crippen molar-refractivity contribution >= 4 is 35.0 Å². The number of hydrogen-bond acceptors (Lipinski definition) is 7. The first kappa shape index (κ1) is 20.8. The second-order valence-corrected chi connectivity index (χ2v) is 7.75. The van der Waals surface area contributed by atoms with Crippen molar-refractivity contribution in [2.45, 2.75) is 17.3 Å². The summed E-state index contributed by atoms with van der Waals surface area (Å²) in [6.07, 6.45) is 0. The summed E-state index contributed by atoms with van der Waals surface area (Å²) in [5.74, 6) is 7.56. The lowest BCUT2D eigenvalue weighted by Gasteiger charge is -2.12. The normalized spacial score (nSPS) is 11.7. The van der Waals surface area contributed by atoms with Crippen LogP contribution in [0.3, 0.4) is 0 Å². The topological polar surface area (TPSA) is 104 Å². The van der Waals surface area contributed by atoms with Crippen molar-refractivity contribution in [2.24, 2.45) is 0 Å². The van der Waals surface area contributed by atoms with Crippen molar-refractivity contribution in [3.63, 3.8) is 0 Å². The molecule has 1 atom stereocenters. The highest BCUT2D eigenvalue weighted by Gasteiger charge is 2.21. The van der Waals surface area contributed by atoms with E-state index in [9.17, 15) is 4.79 Å². The second kappa shape index (κ2) is 9.06. The Balaban J connectivity index is 1.74. The van der Waals surface area contributed by atoms with E-state index in [1.54, 1.807) is 63.6 Å². The van der Waals surface area contributed by atoms with Gasteiger partial charge in [-0.15, -0.1) is 10.2 Å². The molecule has 1 heterocycles. The molecule has 8 nitrogen and oxygen atoms in total. The van der Waals surface area contributed by atoms with Gasteiger partial charge in [0.2, 0.25) is 11.1 Å². The molecule has 0 spiro atoms. The van der Waals surface area contributed by atoms with Crippen LogP contribution in [0.5, 0.6) is 11.5 Å². The number of nitrogen functional groups attached to an aromatic ring is 1. The number of carbonyl (C=O) groups excluding carboxylic acids is 1. The summed E-state index contributed by atoms with van der Waals surface area (Å²) in [6, 6.07) is 12.3. The largest absolute Gasteiger partial charge is 0.493 e. The van der Waals surface area contributed by atoms with E-state index in [4.69, 9.17) is 26.9 Å². The van der Waals surface area contributed by atoms with E-state index in [-0.39, 0.29) is 5.91 Å². The molecule has 0 aliphatic carbocycles. The van der Waals surface area contributed by atoms with Gasteiger partial charge < -0.3 is 20.6 Å². The molecular weight excluding hydrogens is 414 g/mol. The van der Waals surface area contributed by atoms with Gasteiger partial charge in [-0.25, -0.2) is 4.68 Å². The molecule has 3 rings (SSSR count). The minimum atomic E-state index is -0.460. The van der Waals surface area contributed by atoms with Gasteiger partial charge in [0.05, 0.1) is 19.5 Å². The number of aromatic nitrogens is 3. The van der Waals surface area contributed by atoms with Crippen molar-refractivity contribution in [1.29, 1.82) is 0 Å². The molecular formula is C19H20ClN5O3S. The predicted molar refractivity (Wildman–Crippen MR) is 114 cm³/mol. The van der Waals surface area contributed by atoms with Gasteiger partial charge >= 0.3 is 0 Å². The van der Waals surface area contributed by atoms with Crippen LogP contribution in [0.2, 0.25) is 5.02 Å². The van der Waals surface area contributed by atoms with E-state index in [1.165, 1.54) is 16.4 Å². The molecule has 152 valence electrons. The fraction of sp³-hybridized carbons (Fsp3) is 0.211. The Hall–Kier alpha value is -2.91. The average molecular weight is 434 g/mol. The number of nitrogens with two attached hydrogens (primary N) is 1. The van der Waals surface area contributed by atoms with E-state index in [2.05, 4.69) is 15.5 Å². The first-order chi connectivity index (χ1) is 13.9. The highest BCUT2D eigenvalue weighted by molar-refractivity contribution is 8.00. The van der Waals surface area contributed by atoms with Crippen LogP contribution in [-0.2, 0) is 4.79 Å². The Labute approximate surface area is 177 Å². The number of thioether (sulfide) groups is 1. The van der Waals surface area contributed by atoms with Gasteiger partial charge in [-0.1, -0.05) is 29.4 Å². The van der Waals surface area contributed by atoms with Crippen molar-refractivity contribution in [3.8, 4) is 22.9 Å². The second-order valence-electron chi connectivity index (χ2n) is 6.01. The number of nitrogens with zero attached hydrogens (tertiary/aromatic N) is 3. The summed E-state index contributed by atoms with van der Waals surface area (Å²) >= 11 is 7.15. The number of rotatable bonds is 7. The fourth-order valence-electron chi connectivity index (χ4n) is 2.55. The SMILES string of the molecule is COc1ccc(-c2nnc(S[C@@H](C)C(=O)Nc3cccc(Cl)c3)n2N)cc1OC. The summed E-state index contributed by atoms with van der Waals surface area (Å²) in [7, 11) is 3.11. The van der Waals surface area contributed by atoms with Gasteiger partial charge in [-0.05, 0) is 43.3 Å². The fourth-order valence-corrected chi connectivity index (χ4v) is 3.51. The summed E-state index contributed by atoms with van der Waals surface area (Å²) in [5.41, 5.74) is 1.33. The summed E-state index contributed by atoms with van der Waals surface area (Å²) in [4.78, 5) is 12.5. The lowest BCUT2D eigenvalue weighted by Crippen LogP contribution is -2.23. The first-order valence-electron chi connectivity index (χ1n) is 8.59. The molecule has 0 aliphatic rings. The number of carbonyl (C=O) groups is 1. The van der Waals surface area contributed by atoms with Crippen molar-refractivity contribution in [3.05, 3.63) is 47.5 Å². The molecule has 10 heteroatoms. The minimum Gasteiger partial charge on any atom is -0.493 e. The third kappa shape index (κ3) is 4.75. The van der Waals surface area contributed by atoms with E-state index in [0.717, 1.165) is 0 Å². The molecule has 29 heavy (non-hydrogen) atoms. The molecule has 1 amide bonds. The third-order valence-corrected chi connectivity index (χ3v) is 5.34. The number of nitrogens with one attached hydrogen (secondary N) is 1. The zero-order chi connectivity index (χ0) is 21.0. The highest BCUT2D eigenvalue weighted by Crippen LogP contribution is 2.32. The van der Waals surface area contributed by atoms with Crippen LogP contribution in [0.1, 0.15) is 6.92 Å². The van der Waals surface area contributed by atoms with E-state index < -0.39 is 5.25 Å². The molecule has 0 fully saturated rings. The Morgan fingerprint density at radius 2 is 1.93 bits per heavy atom. The molecule has 0 aliphatic heterocycles. The predicted octanol–water partition coefficient (Wildman–Crippen LogP) is 3.45. The number of amides is 1. The highest BCUT2D eigenvalue weighted by atomic mass is 35.5. The maximum atomic E-state index is 12.5. The molecule has 2 aromatic carbocycles. The molecule has 1 aromatic heterocycles. The van der Waals surface area contributed by atoms with Crippen LogP contribution in [0.4, 0.5) is 5.69 Å². The van der Waals surface area contributed by atoms with Gasteiger partial charge in [0.1, 0.15) is 0 Å². The zero-order valence-corrected chi connectivity index (χ0v) is 17.6. The van der Waals surface area contributed by atoms with Crippen LogP contribution in [0.25, 0.3) is 11.4 Å². The van der Waals surface area contributed by atoms with Gasteiger partial charge in [0, 0.05) is 16.3 Å². The molecule has 0 saturated heterocycles. The van der Waals surface area contributed by atoms with Gasteiger partial charge in [-0.3, -0.25) is 4.79 Å². The van der Waals surface area contributed by atoms with E-state index >= 15 is 0 Å². The number of hydrogen-bond donors (Lipinski definition) is 2. The minimum absolute atomic E-state index is 0.201. The molecule has 3 aromatic rings. The Morgan fingerprint density at radius 1 is 1.17 bits per heavy atom. The lowest BCUT2D eigenvalue weighted by molar-refractivity contribution is -0.115. The number of benzene rings is 2. The van der Waals surface area contributed by atoms with Crippen molar-refractivity contribution in [2.75, 3.05) is 25.4 Å². The summed E-state index contributed by atoms with van der Waals surface area (Å²) in [6.45, 7) is 1.76. The summed E-state index contributed by atoms with van der Waals surface area (Å²) in [5, 5.41) is 11.6. The standard InChI is InChI=1S/C19H20ClN5O3S/c1-11(18(26)22-14-6-4-5-13(20)10-14)29-19-24-23-17(25(19)21)12-7-8-15(27-2)16(9-12)28-3/h4-11H,21H2,1-3H3,(H,22,26)/t11-/m0/s1.